The molecule has 1 atom stereocenters. The predicted molar refractivity (Wildman–Crippen MR) is 94.9 cm³/mol. The number of hydrogen-bond acceptors (Lipinski definition) is 4. The van der Waals surface area contributed by atoms with E-state index in [0.29, 0.717) is 6.61 Å². The molecule has 0 unspecified atom stereocenters. The minimum absolute atomic E-state index is 0.279. The number of benzene rings is 2. The summed E-state index contributed by atoms with van der Waals surface area (Å²) >= 11 is 0. The van der Waals surface area contributed by atoms with Crippen LogP contribution in [0.5, 0.6) is 11.5 Å². The first kappa shape index (κ1) is 16.9. The summed E-state index contributed by atoms with van der Waals surface area (Å²) in [6, 6.07) is 12.5. The van der Waals surface area contributed by atoms with Crippen molar-refractivity contribution < 1.29 is 19.4 Å². The third kappa shape index (κ3) is 3.92. The normalized spacial score (nSPS) is 12.1. The molecular formula is C19H20N2O4. The van der Waals surface area contributed by atoms with Gasteiger partial charge in [0.1, 0.15) is 24.1 Å². The average Bonchev–Trinajstić information content (AvgIpc) is 3.02. The van der Waals surface area contributed by atoms with Crippen LogP contribution in [-0.2, 0) is 17.8 Å². The van der Waals surface area contributed by atoms with Crippen LogP contribution in [0.15, 0.2) is 48.7 Å². The third-order valence-corrected chi connectivity index (χ3v) is 4.06. The maximum Gasteiger partial charge on any atom is 0.320 e. The van der Waals surface area contributed by atoms with E-state index in [2.05, 4.69) is 4.98 Å². The molecule has 0 saturated heterocycles. The molecule has 25 heavy (non-hydrogen) atoms. The monoisotopic (exact) mass is 340 g/mol. The van der Waals surface area contributed by atoms with Crippen LogP contribution in [-0.4, -0.2) is 29.2 Å². The average molecular weight is 340 g/mol. The number of carboxylic acids is 1. The van der Waals surface area contributed by atoms with E-state index in [1.54, 1.807) is 13.3 Å². The minimum atomic E-state index is -1.01. The summed E-state index contributed by atoms with van der Waals surface area (Å²) in [5, 5.41) is 9.90. The van der Waals surface area contributed by atoms with E-state index in [9.17, 15) is 4.79 Å². The molecule has 0 radical (unpaired) electrons. The Bertz CT molecular complexity index is 871. The molecule has 1 aromatic heterocycles. The molecule has 3 aromatic rings. The van der Waals surface area contributed by atoms with Gasteiger partial charge in [0.2, 0.25) is 0 Å². The molecule has 0 aliphatic carbocycles. The molecule has 3 rings (SSSR count). The summed E-state index contributed by atoms with van der Waals surface area (Å²) in [4.78, 5) is 14.1. The Labute approximate surface area is 145 Å². The van der Waals surface area contributed by atoms with Gasteiger partial charge in [0.25, 0.3) is 0 Å². The first-order chi connectivity index (χ1) is 12.1. The minimum Gasteiger partial charge on any atom is -0.497 e. The lowest BCUT2D eigenvalue weighted by atomic mass is 10.1. The van der Waals surface area contributed by atoms with Gasteiger partial charge in [0.15, 0.2) is 0 Å². The fraction of sp³-hybridized carbons (Fsp3) is 0.211. The number of carbonyl (C=O) groups is 1. The lowest BCUT2D eigenvalue weighted by molar-refractivity contribution is -0.138. The Morgan fingerprint density at radius 2 is 1.92 bits per heavy atom. The number of nitrogens with two attached hydrogens (primary N) is 1. The highest BCUT2D eigenvalue weighted by Gasteiger charge is 2.15. The number of aliphatic carboxylic acids is 1. The van der Waals surface area contributed by atoms with Crippen LogP contribution >= 0.6 is 0 Å². The van der Waals surface area contributed by atoms with Crippen LogP contribution in [0.25, 0.3) is 10.9 Å². The van der Waals surface area contributed by atoms with Crippen molar-refractivity contribution in [2.75, 3.05) is 7.11 Å². The summed E-state index contributed by atoms with van der Waals surface area (Å²) in [6.07, 6.45) is 2.07. The number of aromatic amines is 1. The number of hydrogen-bond donors (Lipinski definition) is 3. The van der Waals surface area contributed by atoms with Crippen LogP contribution in [0, 0.1) is 0 Å². The molecule has 0 saturated carbocycles. The molecule has 0 aliphatic heterocycles. The number of fused-ring (bicyclic) bond motifs is 1. The zero-order valence-electron chi connectivity index (χ0n) is 13.9. The number of methoxy groups -OCH3 is 1. The van der Waals surface area contributed by atoms with Gasteiger partial charge >= 0.3 is 5.97 Å². The van der Waals surface area contributed by atoms with E-state index in [1.165, 1.54) is 0 Å². The SMILES string of the molecule is COc1ccc(COc2ccc3c(C[C@H](N)C(=O)O)c[nH]c3c2)cc1. The van der Waals surface area contributed by atoms with Gasteiger partial charge in [-0.15, -0.1) is 0 Å². The second-order valence-corrected chi connectivity index (χ2v) is 5.81. The smallest absolute Gasteiger partial charge is 0.320 e. The Morgan fingerprint density at radius 1 is 1.20 bits per heavy atom. The molecule has 6 nitrogen and oxygen atoms in total. The van der Waals surface area contributed by atoms with Gasteiger partial charge in [0, 0.05) is 29.6 Å². The van der Waals surface area contributed by atoms with E-state index in [-0.39, 0.29) is 6.42 Å². The molecule has 4 N–H and O–H groups in total. The maximum absolute atomic E-state index is 10.9. The summed E-state index contributed by atoms with van der Waals surface area (Å²) in [7, 11) is 1.63. The zero-order chi connectivity index (χ0) is 17.8. The maximum atomic E-state index is 10.9. The number of H-pyrrole nitrogens is 1. The molecule has 1 heterocycles. The first-order valence-corrected chi connectivity index (χ1v) is 7.91. The summed E-state index contributed by atoms with van der Waals surface area (Å²) in [5.41, 5.74) is 8.43. The van der Waals surface area contributed by atoms with E-state index < -0.39 is 12.0 Å². The summed E-state index contributed by atoms with van der Waals surface area (Å²) in [6.45, 7) is 0.451. The standard InChI is InChI=1S/C19H20N2O4/c1-24-14-4-2-12(3-5-14)11-25-15-6-7-16-13(8-17(20)19(22)23)10-21-18(16)9-15/h2-7,9-10,17,21H,8,11,20H2,1H3,(H,22,23)/t17-/m0/s1. The van der Waals surface area contributed by atoms with Crippen LogP contribution in [0.1, 0.15) is 11.1 Å². The fourth-order valence-corrected chi connectivity index (χ4v) is 2.64. The second kappa shape index (κ2) is 7.27. The molecule has 0 bridgehead atoms. The molecule has 130 valence electrons. The molecule has 0 aliphatic rings. The second-order valence-electron chi connectivity index (χ2n) is 5.81. The van der Waals surface area contributed by atoms with Crippen molar-refractivity contribution >= 4 is 16.9 Å². The predicted octanol–water partition coefficient (Wildman–Crippen LogP) is 2.71. The van der Waals surface area contributed by atoms with Crippen molar-refractivity contribution in [2.45, 2.75) is 19.1 Å². The highest BCUT2D eigenvalue weighted by molar-refractivity contribution is 5.85. The molecule has 0 amide bonds. The highest BCUT2D eigenvalue weighted by Crippen LogP contribution is 2.25. The van der Waals surface area contributed by atoms with Gasteiger partial charge in [-0.25, -0.2) is 0 Å². The van der Waals surface area contributed by atoms with E-state index >= 15 is 0 Å². The fourth-order valence-electron chi connectivity index (χ4n) is 2.64. The Hall–Kier alpha value is -2.99. The molecular weight excluding hydrogens is 320 g/mol. The lowest BCUT2D eigenvalue weighted by Crippen LogP contribution is -2.32. The number of ether oxygens (including phenoxy) is 2. The Kier molecular flexibility index (Phi) is 4.90. The largest absolute Gasteiger partial charge is 0.497 e. The Morgan fingerprint density at radius 3 is 2.60 bits per heavy atom. The van der Waals surface area contributed by atoms with Crippen molar-refractivity contribution in [3.8, 4) is 11.5 Å². The van der Waals surface area contributed by atoms with Crippen molar-refractivity contribution in [3.63, 3.8) is 0 Å². The van der Waals surface area contributed by atoms with Crippen molar-refractivity contribution in [1.29, 1.82) is 0 Å². The quantitative estimate of drug-likeness (QED) is 0.614. The molecule has 0 fully saturated rings. The van der Waals surface area contributed by atoms with Gasteiger partial charge in [-0.2, -0.15) is 0 Å². The third-order valence-electron chi connectivity index (χ3n) is 4.06. The van der Waals surface area contributed by atoms with Crippen molar-refractivity contribution in [3.05, 3.63) is 59.8 Å². The topological polar surface area (TPSA) is 97.6 Å². The van der Waals surface area contributed by atoms with Crippen molar-refractivity contribution in [1.82, 2.24) is 4.98 Å². The number of rotatable bonds is 7. The van der Waals surface area contributed by atoms with Crippen LogP contribution < -0.4 is 15.2 Å². The van der Waals surface area contributed by atoms with Gasteiger partial charge in [0.05, 0.1) is 7.11 Å². The van der Waals surface area contributed by atoms with Crippen LogP contribution in [0.4, 0.5) is 0 Å². The van der Waals surface area contributed by atoms with Crippen LogP contribution in [0.3, 0.4) is 0 Å². The van der Waals surface area contributed by atoms with Crippen molar-refractivity contribution in [2.24, 2.45) is 5.73 Å². The van der Waals surface area contributed by atoms with E-state index in [4.69, 9.17) is 20.3 Å². The Balaban J connectivity index is 1.70. The molecule has 0 spiro atoms. The lowest BCUT2D eigenvalue weighted by Gasteiger charge is -2.08. The molecule has 6 heteroatoms. The van der Waals surface area contributed by atoms with Gasteiger partial charge in [-0.3, -0.25) is 4.79 Å². The molecule has 2 aromatic carbocycles. The zero-order valence-corrected chi connectivity index (χ0v) is 13.9. The first-order valence-electron chi connectivity index (χ1n) is 7.91. The van der Waals surface area contributed by atoms with E-state index in [0.717, 1.165) is 33.5 Å². The number of nitrogens with one attached hydrogen (secondary N) is 1. The summed E-state index contributed by atoms with van der Waals surface area (Å²) in [5.74, 6) is 0.539. The van der Waals surface area contributed by atoms with Gasteiger partial charge in [-0.1, -0.05) is 12.1 Å². The summed E-state index contributed by atoms with van der Waals surface area (Å²) < 4.78 is 11.0. The van der Waals surface area contributed by atoms with E-state index in [1.807, 2.05) is 42.5 Å². The van der Waals surface area contributed by atoms with Gasteiger partial charge in [-0.05, 0) is 35.4 Å². The number of carboxylic acid groups (broad SMARTS) is 1. The number of aromatic nitrogens is 1. The highest BCUT2D eigenvalue weighted by atomic mass is 16.5. The van der Waals surface area contributed by atoms with Gasteiger partial charge < -0.3 is 25.3 Å². The van der Waals surface area contributed by atoms with Crippen LogP contribution in [0.2, 0.25) is 0 Å².